The number of hydrogen-bond acceptors (Lipinski definition) is 3. The molecule has 23 heavy (non-hydrogen) atoms. The highest BCUT2D eigenvalue weighted by atomic mass is 16.1. The van der Waals surface area contributed by atoms with E-state index in [0.717, 1.165) is 23.6 Å². The number of amides is 1. The Balaban J connectivity index is 2.20. The molecule has 2 rings (SSSR count). The normalized spacial score (nSPS) is 10.5. The van der Waals surface area contributed by atoms with Gasteiger partial charge in [-0.1, -0.05) is 18.2 Å². The van der Waals surface area contributed by atoms with Gasteiger partial charge in [0.05, 0.1) is 11.4 Å². The van der Waals surface area contributed by atoms with Crippen molar-refractivity contribution in [1.29, 1.82) is 0 Å². The van der Waals surface area contributed by atoms with Gasteiger partial charge in [-0.2, -0.15) is 0 Å². The molecule has 0 aliphatic rings. The molecule has 0 heterocycles. The molecule has 0 spiro atoms. The maximum Gasteiger partial charge on any atom is 0.255 e. The molecule has 0 aromatic heterocycles. The highest BCUT2D eigenvalue weighted by Gasteiger charge is 2.11. The first-order valence-corrected chi connectivity index (χ1v) is 7.99. The zero-order valence-electron chi connectivity index (χ0n) is 14.3. The number of nitrogens with zero attached hydrogens (tertiary/aromatic N) is 1. The summed E-state index contributed by atoms with van der Waals surface area (Å²) in [5.74, 6) is -0.102. The highest BCUT2D eigenvalue weighted by Crippen LogP contribution is 2.25. The number of hydrogen-bond donors (Lipinski definition) is 2. The molecule has 0 aliphatic heterocycles. The Morgan fingerprint density at radius 2 is 1.87 bits per heavy atom. The lowest BCUT2D eigenvalue weighted by molar-refractivity contribution is 0.102. The number of carbonyl (C=O) groups is 1. The van der Waals surface area contributed by atoms with Crippen molar-refractivity contribution in [3.8, 4) is 0 Å². The lowest BCUT2D eigenvalue weighted by atomic mass is 10.1. The number of rotatable bonds is 6. The molecule has 0 aliphatic carbocycles. The second-order valence-corrected chi connectivity index (χ2v) is 5.87. The Bertz CT molecular complexity index is 667. The monoisotopic (exact) mass is 311 g/mol. The molecule has 0 atom stereocenters. The van der Waals surface area contributed by atoms with Gasteiger partial charge in [-0.05, 0) is 51.1 Å². The third-order valence-electron chi connectivity index (χ3n) is 3.62. The maximum atomic E-state index is 12.6. The molecule has 0 fully saturated rings. The van der Waals surface area contributed by atoms with Crippen LogP contribution in [0.25, 0.3) is 0 Å². The molecule has 0 bridgehead atoms. The van der Waals surface area contributed by atoms with Crippen LogP contribution in [0, 0.1) is 0 Å². The van der Waals surface area contributed by atoms with E-state index in [2.05, 4.69) is 36.3 Å². The predicted molar refractivity (Wildman–Crippen MR) is 98.5 cm³/mol. The molecule has 2 aromatic carbocycles. The van der Waals surface area contributed by atoms with E-state index in [1.54, 1.807) is 0 Å². The molecule has 1 amide bonds. The second-order valence-electron chi connectivity index (χ2n) is 5.87. The van der Waals surface area contributed by atoms with Crippen LogP contribution in [0.1, 0.15) is 31.1 Å². The number of para-hydroxylation sites is 2. The predicted octanol–water partition coefficient (Wildman–Crippen LogP) is 4.22. The van der Waals surface area contributed by atoms with Crippen molar-refractivity contribution in [3.05, 3.63) is 54.1 Å². The topological polar surface area (TPSA) is 44.4 Å². The lowest BCUT2D eigenvalue weighted by Crippen LogP contribution is -2.20. The van der Waals surface area contributed by atoms with Crippen LogP contribution < -0.4 is 15.5 Å². The van der Waals surface area contributed by atoms with Crippen LogP contribution in [0.4, 0.5) is 17.1 Å². The third-order valence-corrected chi connectivity index (χ3v) is 3.62. The first-order chi connectivity index (χ1) is 11.0. The van der Waals surface area contributed by atoms with Gasteiger partial charge in [-0.15, -0.1) is 0 Å². The van der Waals surface area contributed by atoms with E-state index in [-0.39, 0.29) is 5.91 Å². The summed E-state index contributed by atoms with van der Waals surface area (Å²) in [5, 5.41) is 6.33. The minimum Gasteiger partial charge on any atom is -0.383 e. The second kappa shape index (κ2) is 7.68. The van der Waals surface area contributed by atoms with Gasteiger partial charge in [-0.3, -0.25) is 4.79 Å². The van der Waals surface area contributed by atoms with Gasteiger partial charge in [0.15, 0.2) is 0 Å². The molecule has 122 valence electrons. The molecular formula is C19H25N3O. The smallest absolute Gasteiger partial charge is 0.255 e. The molecule has 4 heteroatoms. The number of carbonyl (C=O) groups excluding carboxylic acids is 1. The minimum atomic E-state index is -0.102. The van der Waals surface area contributed by atoms with Crippen LogP contribution in [-0.2, 0) is 0 Å². The molecular weight excluding hydrogens is 286 g/mol. The van der Waals surface area contributed by atoms with E-state index in [0.29, 0.717) is 11.6 Å². The van der Waals surface area contributed by atoms with Crippen LogP contribution in [0.3, 0.4) is 0 Å². The summed E-state index contributed by atoms with van der Waals surface area (Å²) in [4.78, 5) is 14.7. The van der Waals surface area contributed by atoms with Gasteiger partial charge in [0.1, 0.15) is 0 Å². The van der Waals surface area contributed by atoms with Crippen LogP contribution in [0.15, 0.2) is 48.5 Å². The zero-order valence-corrected chi connectivity index (χ0v) is 14.3. The number of nitrogens with one attached hydrogen (secondary N) is 2. The average Bonchev–Trinajstić information content (AvgIpc) is 2.54. The van der Waals surface area contributed by atoms with Crippen molar-refractivity contribution in [1.82, 2.24) is 0 Å². The van der Waals surface area contributed by atoms with Crippen molar-refractivity contribution in [3.63, 3.8) is 0 Å². The van der Waals surface area contributed by atoms with Gasteiger partial charge in [0, 0.05) is 30.9 Å². The Morgan fingerprint density at radius 1 is 1.13 bits per heavy atom. The van der Waals surface area contributed by atoms with Crippen molar-refractivity contribution < 1.29 is 4.79 Å². The largest absolute Gasteiger partial charge is 0.383 e. The van der Waals surface area contributed by atoms with Crippen LogP contribution in [-0.4, -0.2) is 25.5 Å². The van der Waals surface area contributed by atoms with Gasteiger partial charge in [0.25, 0.3) is 5.91 Å². The van der Waals surface area contributed by atoms with Crippen LogP contribution in [0.5, 0.6) is 0 Å². The lowest BCUT2D eigenvalue weighted by Gasteiger charge is -2.21. The molecule has 2 aromatic rings. The van der Waals surface area contributed by atoms with Gasteiger partial charge in [-0.25, -0.2) is 0 Å². The van der Waals surface area contributed by atoms with E-state index in [9.17, 15) is 4.79 Å². The minimum absolute atomic E-state index is 0.102. The fraction of sp³-hybridized carbons (Fsp3) is 0.316. The standard InChI is InChI=1S/C19H25N3O/c1-5-22(4)18-12-7-6-11-17(18)21-19(23)15-9-8-10-16(13-15)20-14(2)3/h6-14,20H,5H2,1-4H3,(H,21,23). The maximum absolute atomic E-state index is 12.6. The van der Waals surface area contributed by atoms with Gasteiger partial charge < -0.3 is 15.5 Å². The van der Waals surface area contributed by atoms with Crippen LogP contribution >= 0.6 is 0 Å². The summed E-state index contributed by atoms with van der Waals surface area (Å²) in [6.07, 6.45) is 0. The Kier molecular flexibility index (Phi) is 5.63. The van der Waals surface area contributed by atoms with Crippen molar-refractivity contribution >= 4 is 23.0 Å². The molecule has 0 radical (unpaired) electrons. The van der Waals surface area contributed by atoms with E-state index in [4.69, 9.17) is 0 Å². The fourth-order valence-electron chi connectivity index (χ4n) is 2.36. The molecule has 0 unspecified atom stereocenters. The quantitative estimate of drug-likeness (QED) is 0.839. The summed E-state index contributed by atoms with van der Waals surface area (Å²) in [6, 6.07) is 15.7. The highest BCUT2D eigenvalue weighted by molar-refractivity contribution is 6.06. The van der Waals surface area contributed by atoms with E-state index < -0.39 is 0 Å². The zero-order chi connectivity index (χ0) is 16.8. The first kappa shape index (κ1) is 16.9. The summed E-state index contributed by atoms with van der Waals surface area (Å²) >= 11 is 0. The Hall–Kier alpha value is -2.49. The van der Waals surface area contributed by atoms with E-state index >= 15 is 0 Å². The van der Waals surface area contributed by atoms with Crippen molar-refractivity contribution in [2.45, 2.75) is 26.8 Å². The van der Waals surface area contributed by atoms with Gasteiger partial charge in [0.2, 0.25) is 0 Å². The van der Waals surface area contributed by atoms with Gasteiger partial charge >= 0.3 is 0 Å². The SMILES string of the molecule is CCN(C)c1ccccc1NC(=O)c1cccc(NC(C)C)c1. The average molecular weight is 311 g/mol. The Labute approximate surface area is 138 Å². The van der Waals surface area contributed by atoms with Crippen LogP contribution in [0.2, 0.25) is 0 Å². The first-order valence-electron chi connectivity index (χ1n) is 7.99. The summed E-state index contributed by atoms with van der Waals surface area (Å²) in [6.45, 7) is 7.10. The number of anilines is 3. The molecule has 2 N–H and O–H groups in total. The van der Waals surface area contributed by atoms with E-state index in [1.807, 2.05) is 55.6 Å². The third kappa shape index (κ3) is 4.49. The Morgan fingerprint density at radius 3 is 2.57 bits per heavy atom. The summed E-state index contributed by atoms with van der Waals surface area (Å²) in [5.41, 5.74) is 3.43. The van der Waals surface area contributed by atoms with Crippen molar-refractivity contribution in [2.75, 3.05) is 29.1 Å². The molecule has 0 saturated heterocycles. The molecule has 4 nitrogen and oxygen atoms in total. The fourth-order valence-corrected chi connectivity index (χ4v) is 2.36. The summed E-state index contributed by atoms with van der Waals surface area (Å²) in [7, 11) is 2.01. The number of benzene rings is 2. The summed E-state index contributed by atoms with van der Waals surface area (Å²) < 4.78 is 0. The molecule has 0 saturated carbocycles. The van der Waals surface area contributed by atoms with E-state index in [1.165, 1.54) is 0 Å². The van der Waals surface area contributed by atoms with Crippen molar-refractivity contribution in [2.24, 2.45) is 0 Å².